The molecule has 0 radical (unpaired) electrons. The van der Waals surface area contributed by atoms with Crippen LogP contribution in [0, 0.1) is 5.41 Å². The number of carbonyl (C=O) groups is 1. The Kier molecular flexibility index (Phi) is 6.08. The summed E-state index contributed by atoms with van der Waals surface area (Å²) in [6.07, 6.45) is 3.07. The third-order valence-corrected chi connectivity index (χ3v) is 6.08. The van der Waals surface area contributed by atoms with E-state index in [4.69, 9.17) is 19.6 Å². The highest BCUT2D eigenvalue weighted by Gasteiger charge is 2.46. The average molecular weight is 436 g/mol. The van der Waals surface area contributed by atoms with Crippen molar-refractivity contribution >= 4 is 11.6 Å². The molecule has 2 heterocycles. The Bertz CT molecular complexity index is 1050. The van der Waals surface area contributed by atoms with Gasteiger partial charge in [-0.05, 0) is 37.3 Å². The van der Waals surface area contributed by atoms with Gasteiger partial charge in [0.05, 0.1) is 19.4 Å². The van der Waals surface area contributed by atoms with Crippen LogP contribution in [-0.4, -0.2) is 56.0 Å². The van der Waals surface area contributed by atoms with E-state index < -0.39 is 5.60 Å². The second kappa shape index (κ2) is 8.94. The van der Waals surface area contributed by atoms with Gasteiger partial charge in [0, 0.05) is 55.9 Å². The molecule has 2 aromatic carbocycles. The van der Waals surface area contributed by atoms with Crippen molar-refractivity contribution in [1.82, 2.24) is 10.2 Å². The summed E-state index contributed by atoms with van der Waals surface area (Å²) in [5, 5.41) is 11.8. The van der Waals surface area contributed by atoms with Gasteiger partial charge in [-0.1, -0.05) is 12.1 Å². The van der Waals surface area contributed by atoms with Crippen LogP contribution in [0.5, 0.6) is 17.2 Å². The molecule has 32 heavy (non-hydrogen) atoms. The Morgan fingerprint density at radius 3 is 2.66 bits per heavy atom. The first-order valence-electron chi connectivity index (χ1n) is 10.9. The van der Waals surface area contributed by atoms with E-state index in [0.717, 1.165) is 16.9 Å². The van der Waals surface area contributed by atoms with Crippen LogP contribution in [0.1, 0.15) is 35.7 Å². The first kappa shape index (κ1) is 21.7. The van der Waals surface area contributed by atoms with Crippen LogP contribution in [0.3, 0.4) is 0 Å². The summed E-state index contributed by atoms with van der Waals surface area (Å²) in [6.45, 7) is 3.45. The molecular formula is C25H29N3O4. The molecule has 0 saturated carbocycles. The quantitative estimate of drug-likeness (QED) is 0.749. The van der Waals surface area contributed by atoms with Crippen molar-refractivity contribution in [2.24, 2.45) is 0 Å². The highest BCUT2D eigenvalue weighted by Crippen LogP contribution is 2.42. The van der Waals surface area contributed by atoms with E-state index in [0.29, 0.717) is 55.3 Å². The van der Waals surface area contributed by atoms with Crippen molar-refractivity contribution in [1.29, 1.82) is 5.41 Å². The van der Waals surface area contributed by atoms with Crippen molar-refractivity contribution in [3.05, 3.63) is 65.4 Å². The van der Waals surface area contributed by atoms with Crippen molar-refractivity contribution in [3.8, 4) is 17.2 Å². The molecule has 2 aromatic rings. The van der Waals surface area contributed by atoms with Gasteiger partial charge in [-0.3, -0.25) is 10.2 Å². The van der Waals surface area contributed by atoms with Gasteiger partial charge in [-0.25, -0.2) is 0 Å². The summed E-state index contributed by atoms with van der Waals surface area (Å²) in [5.41, 5.74) is 2.03. The fraction of sp³-hybridized carbons (Fsp3) is 0.360. The first-order valence-corrected chi connectivity index (χ1v) is 10.9. The summed E-state index contributed by atoms with van der Waals surface area (Å²) in [5.74, 6) is 1.85. The number of nitrogens with one attached hydrogen (secondary N) is 2. The topological polar surface area (TPSA) is 83.9 Å². The maximum Gasteiger partial charge on any atom is 0.253 e. The van der Waals surface area contributed by atoms with Gasteiger partial charge in [-0.15, -0.1) is 0 Å². The van der Waals surface area contributed by atoms with Gasteiger partial charge in [0.25, 0.3) is 5.91 Å². The number of hydrogen-bond acceptors (Lipinski definition) is 6. The van der Waals surface area contributed by atoms with E-state index in [1.807, 2.05) is 49.3 Å². The normalized spacial score (nSPS) is 18.2. The monoisotopic (exact) mass is 435 g/mol. The molecule has 0 aliphatic carbocycles. The number of ether oxygens (including phenoxy) is 3. The highest BCUT2D eigenvalue weighted by molar-refractivity contribution is 6.14. The number of amides is 1. The molecule has 0 atom stereocenters. The Hall–Kier alpha value is -3.48. The standard InChI is InChI=1S/C25H29N3O4/c1-4-31-22-15-17(9-10-21(22)30-3)24(29)28-13-11-25(12-14-28)19(16-27-2)23(26)18-7-5-6-8-20(18)32-25/h5-10,15-16,26-27H,4,11-14H2,1-3H3/b19-16+,26-23?. The van der Waals surface area contributed by atoms with E-state index in [-0.39, 0.29) is 5.91 Å². The summed E-state index contributed by atoms with van der Waals surface area (Å²) in [6, 6.07) is 12.9. The highest BCUT2D eigenvalue weighted by atomic mass is 16.5. The number of para-hydroxylation sites is 1. The predicted molar refractivity (Wildman–Crippen MR) is 123 cm³/mol. The summed E-state index contributed by atoms with van der Waals surface area (Å²) in [7, 11) is 3.41. The number of likely N-dealkylation sites (tertiary alicyclic amines) is 1. The lowest BCUT2D eigenvalue weighted by Crippen LogP contribution is -2.54. The number of fused-ring (bicyclic) bond motifs is 1. The molecule has 1 saturated heterocycles. The average Bonchev–Trinajstić information content (AvgIpc) is 2.82. The Balaban J connectivity index is 1.56. The van der Waals surface area contributed by atoms with E-state index in [9.17, 15) is 4.79 Å². The van der Waals surface area contributed by atoms with Crippen molar-refractivity contribution < 1.29 is 19.0 Å². The fourth-order valence-corrected chi connectivity index (χ4v) is 4.45. The molecule has 7 heteroatoms. The number of carbonyl (C=O) groups excluding carboxylic acids is 1. The van der Waals surface area contributed by atoms with Crippen molar-refractivity contribution in [2.75, 3.05) is 33.9 Å². The van der Waals surface area contributed by atoms with Gasteiger partial charge < -0.3 is 24.4 Å². The second-order valence-corrected chi connectivity index (χ2v) is 7.91. The molecule has 2 N–H and O–H groups in total. The molecule has 1 amide bonds. The zero-order valence-electron chi connectivity index (χ0n) is 18.7. The minimum atomic E-state index is -0.623. The molecule has 1 spiro atoms. The number of rotatable bonds is 5. The molecule has 7 nitrogen and oxygen atoms in total. The SMILES string of the molecule is CCOc1cc(C(=O)N2CCC3(CC2)Oc2ccccc2C(=N)/C3=C\NC)ccc1OC. The van der Waals surface area contributed by atoms with Crippen LogP contribution < -0.4 is 19.5 Å². The molecule has 0 unspecified atom stereocenters. The Morgan fingerprint density at radius 1 is 1.22 bits per heavy atom. The zero-order valence-corrected chi connectivity index (χ0v) is 18.7. The third kappa shape index (κ3) is 3.79. The number of piperidine rings is 1. The zero-order chi connectivity index (χ0) is 22.7. The summed E-state index contributed by atoms with van der Waals surface area (Å²) < 4.78 is 17.4. The molecule has 4 rings (SSSR count). The van der Waals surface area contributed by atoms with Gasteiger partial charge in [0.1, 0.15) is 11.4 Å². The van der Waals surface area contributed by atoms with Crippen LogP contribution in [0.4, 0.5) is 0 Å². The van der Waals surface area contributed by atoms with Gasteiger partial charge in [-0.2, -0.15) is 0 Å². The van der Waals surface area contributed by atoms with E-state index >= 15 is 0 Å². The first-order chi connectivity index (χ1) is 15.5. The lowest BCUT2D eigenvalue weighted by atomic mass is 9.78. The molecule has 1 fully saturated rings. The molecular weight excluding hydrogens is 406 g/mol. The number of benzene rings is 2. The second-order valence-electron chi connectivity index (χ2n) is 7.91. The van der Waals surface area contributed by atoms with Crippen LogP contribution in [0.15, 0.2) is 54.2 Å². The molecule has 2 aliphatic rings. The summed E-state index contributed by atoms with van der Waals surface area (Å²) >= 11 is 0. The van der Waals surface area contributed by atoms with Crippen LogP contribution >= 0.6 is 0 Å². The molecule has 168 valence electrons. The maximum atomic E-state index is 13.2. The van der Waals surface area contributed by atoms with Crippen molar-refractivity contribution in [2.45, 2.75) is 25.4 Å². The van der Waals surface area contributed by atoms with Crippen molar-refractivity contribution in [3.63, 3.8) is 0 Å². The van der Waals surface area contributed by atoms with Gasteiger partial charge in [0.2, 0.25) is 0 Å². The lowest BCUT2D eigenvalue weighted by Gasteiger charge is -2.46. The molecule has 0 bridgehead atoms. The van der Waals surface area contributed by atoms with Gasteiger partial charge in [0.15, 0.2) is 11.5 Å². The van der Waals surface area contributed by atoms with Crippen LogP contribution in [-0.2, 0) is 0 Å². The minimum Gasteiger partial charge on any atom is -0.493 e. The number of nitrogens with zero attached hydrogens (tertiary/aromatic N) is 1. The predicted octanol–water partition coefficient (Wildman–Crippen LogP) is 3.63. The number of methoxy groups -OCH3 is 1. The molecule has 0 aromatic heterocycles. The van der Waals surface area contributed by atoms with Gasteiger partial charge >= 0.3 is 0 Å². The Labute approximate surface area is 188 Å². The van der Waals surface area contributed by atoms with Crippen LogP contribution in [0.25, 0.3) is 0 Å². The largest absolute Gasteiger partial charge is 0.493 e. The van der Waals surface area contributed by atoms with E-state index in [1.54, 1.807) is 25.3 Å². The van der Waals surface area contributed by atoms with E-state index in [1.165, 1.54) is 0 Å². The smallest absolute Gasteiger partial charge is 0.253 e. The third-order valence-electron chi connectivity index (χ3n) is 6.08. The van der Waals surface area contributed by atoms with E-state index in [2.05, 4.69) is 5.32 Å². The maximum absolute atomic E-state index is 13.2. The number of hydrogen-bond donors (Lipinski definition) is 2. The fourth-order valence-electron chi connectivity index (χ4n) is 4.45. The molecule has 2 aliphatic heterocycles. The minimum absolute atomic E-state index is 0.0473. The Morgan fingerprint density at radius 2 is 1.97 bits per heavy atom. The van der Waals surface area contributed by atoms with Crippen LogP contribution in [0.2, 0.25) is 0 Å². The summed E-state index contributed by atoms with van der Waals surface area (Å²) in [4.78, 5) is 15.1. The lowest BCUT2D eigenvalue weighted by molar-refractivity contribution is 0.0283.